The molecular weight excluding hydrogens is 570 g/mol. The van der Waals surface area contributed by atoms with Gasteiger partial charge in [-0.3, -0.25) is 24.1 Å². The van der Waals surface area contributed by atoms with Gasteiger partial charge in [0.05, 0.1) is 31.2 Å². The maximum Gasteiger partial charge on any atom is 0.304 e. The van der Waals surface area contributed by atoms with Gasteiger partial charge in [0.1, 0.15) is 0 Å². The Morgan fingerprint density at radius 3 is 2.47 bits per heavy atom. The molecule has 0 aliphatic carbocycles. The monoisotopic (exact) mass is 609 g/mol. The number of esters is 1. The van der Waals surface area contributed by atoms with E-state index >= 15 is 0 Å². The number of likely N-dealkylation sites (N-methyl/N-ethyl adjacent to an activating group) is 1. The highest BCUT2D eigenvalue weighted by atomic mass is 28.4. The number of anilines is 2. The Balaban J connectivity index is 1.50. The van der Waals surface area contributed by atoms with Crippen molar-refractivity contribution in [2.45, 2.75) is 69.8 Å². The predicted octanol–water partition coefficient (Wildman–Crippen LogP) is 2.50. The zero-order valence-corrected chi connectivity index (χ0v) is 26.1. The van der Waals surface area contributed by atoms with Gasteiger partial charge in [-0.2, -0.15) is 0 Å². The molecule has 5 atom stereocenters. The van der Waals surface area contributed by atoms with Crippen LogP contribution < -0.4 is 9.80 Å². The van der Waals surface area contributed by atoms with E-state index in [-0.39, 0.29) is 43.7 Å². The first-order valence-electron chi connectivity index (χ1n) is 14.5. The SMILES string of the molecule is CC(=O)OC1CC(=O)N1c1ccc2c(c1)[C@@]1(O[C@H](CC(=O)N(CCO)Cc3ccccc3)[C@@H]([Si](C)(C)O)[C@@H]1C)C(=O)N2C. The molecule has 1 unspecified atom stereocenters. The molecule has 0 aromatic heterocycles. The van der Waals surface area contributed by atoms with E-state index in [0.717, 1.165) is 5.56 Å². The summed E-state index contributed by atoms with van der Waals surface area (Å²) >= 11 is 0. The molecule has 2 N–H and O–H groups in total. The Labute approximate surface area is 252 Å². The van der Waals surface area contributed by atoms with Gasteiger partial charge in [-0.05, 0) is 36.9 Å². The molecule has 230 valence electrons. The Morgan fingerprint density at radius 2 is 1.86 bits per heavy atom. The van der Waals surface area contributed by atoms with Crippen molar-refractivity contribution in [3.8, 4) is 0 Å². The Bertz CT molecular complexity index is 1430. The van der Waals surface area contributed by atoms with E-state index in [1.807, 2.05) is 37.3 Å². The molecule has 0 saturated carbocycles. The molecule has 2 aromatic carbocycles. The van der Waals surface area contributed by atoms with Crippen LogP contribution in [0.1, 0.15) is 37.8 Å². The second kappa shape index (κ2) is 11.5. The van der Waals surface area contributed by atoms with Crippen LogP contribution in [0.25, 0.3) is 0 Å². The molecule has 3 aliphatic rings. The van der Waals surface area contributed by atoms with Gasteiger partial charge >= 0.3 is 5.97 Å². The first kappa shape index (κ1) is 30.9. The number of hydrogen-bond acceptors (Lipinski definition) is 8. The molecule has 1 spiro atoms. The summed E-state index contributed by atoms with van der Waals surface area (Å²) in [7, 11) is -1.37. The van der Waals surface area contributed by atoms with Crippen LogP contribution in [0.2, 0.25) is 18.6 Å². The van der Waals surface area contributed by atoms with E-state index in [9.17, 15) is 29.1 Å². The minimum Gasteiger partial charge on any atom is -0.441 e. The molecule has 0 bridgehead atoms. The zero-order valence-electron chi connectivity index (χ0n) is 25.1. The summed E-state index contributed by atoms with van der Waals surface area (Å²) in [6, 6.07) is 14.6. The molecule has 2 fully saturated rings. The maximum atomic E-state index is 14.1. The van der Waals surface area contributed by atoms with E-state index in [4.69, 9.17) is 9.47 Å². The highest BCUT2D eigenvalue weighted by Gasteiger charge is 2.66. The standard InChI is InChI=1S/C31H39N3O8Si/c1-19-29(43(4,5)40)25(16-26(37)33(13-14-35)18-21-9-7-6-8-10-21)42-31(19)23-15-22(11-12-24(23)32(3)30(31)39)34-27(38)17-28(34)41-20(2)36/h6-12,15,19,25,28-29,35,40H,13-14,16-18H2,1-5H3/t19-,25+,28?,29-,31+/m0/s1. The van der Waals surface area contributed by atoms with E-state index in [1.165, 1.54) is 16.7 Å². The van der Waals surface area contributed by atoms with Crippen LogP contribution in [0.15, 0.2) is 48.5 Å². The number of fused-ring (bicyclic) bond motifs is 2. The van der Waals surface area contributed by atoms with Crippen LogP contribution in [-0.2, 0) is 40.8 Å². The van der Waals surface area contributed by atoms with Crippen molar-refractivity contribution in [2.24, 2.45) is 5.92 Å². The lowest BCUT2D eigenvalue weighted by Crippen LogP contribution is -2.55. The lowest BCUT2D eigenvalue weighted by atomic mass is 9.82. The molecule has 43 heavy (non-hydrogen) atoms. The summed E-state index contributed by atoms with van der Waals surface area (Å²) in [6.07, 6.45) is -1.51. The number of carbonyl (C=O) groups is 4. The number of carbonyl (C=O) groups excluding carboxylic acids is 4. The van der Waals surface area contributed by atoms with Crippen molar-refractivity contribution >= 4 is 43.4 Å². The van der Waals surface area contributed by atoms with Crippen molar-refractivity contribution in [3.05, 3.63) is 59.7 Å². The van der Waals surface area contributed by atoms with Gasteiger partial charge in [-0.1, -0.05) is 37.3 Å². The third-order valence-corrected chi connectivity index (χ3v) is 11.4. The summed E-state index contributed by atoms with van der Waals surface area (Å²) in [6.45, 7) is 6.95. The fourth-order valence-corrected chi connectivity index (χ4v) is 9.58. The van der Waals surface area contributed by atoms with Crippen molar-refractivity contribution in [3.63, 3.8) is 0 Å². The van der Waals surface area contributed by atoms with Gasteiger partial charge < -0.3 is 29.2 Å². The number of ether oxygens (including phenoxy) is 2. The van der Waals surface area contributed by atoms with Crippen LogP contribution in [0.3, 0.4) is 0 Å². The Kier molecular flexibility index (Phi) is 8.25. The fraction of sp³-hybridized carbons (Fsp3) is 0.484. The van der Waals surface area contributed by atoms with E-state index in [2.05, 4.69) is 0 Å². The van der Waals surface area contributed by atoms with Crippen LogP contribution >= 0.6 is 0 Å². The summed E-state index contributed by atoms with van der Waals surface area (Å²) in [5.41, 5.74) is 0.558. The van der Waals surface area contributed by atoms with Crippen molar-refractivity contribution in [1.82, 2.24) is 4.90 Å². The van der Waals surface area contributed by atoms with Gasteiger partial charge in [0.25, 0.3) is 5.91 Å². The fourth-order valence-electron chi connectivity index (χ4n) is 7.02. The number of aliphatic hydroxyl groups excluding tert-OH is 1. The average molecular weight is 610 g/mol. The van der Waals surface area contributed by atoms with Gasteiger partial charge in [0.15, 0.2) is 20.1 Å². The number of hydrogen-bond donors (Lipinski definition) is 2. The van der Waals surface area contributed by atoms with Crippen LogP contribution in [0, 0.1) is 5.92 Å². The molecule has 11 nitrogen and oxygen atoms in total. The largest absolute Gasteiger partial charge is 0.441 e. The third-order valence-electron chi connectivity index (χ3n) is 8.90. The highest BCUT2D eigenvalue weighted by molar-refractivity contribution is 6.71. The zero-order chi connectivity index (χ0) is 31.3. The lowest BCUT2D eigenvalue weighted by Gasteiger charge is -2.39. The first-order chi connectivity index (χ1) is 20.3. The number of nitrogens with zero attached hydrogens (tertiary/aromatic N) is 3. The highest BCUT2D eigenvalue weighted by Crippen LogP contribution is 2.60. The molecule has 3 heterocycles. The van der Waals surface area contributed by atoms with Crippen molar-refractivity contribution in [1.29, 1.82) is 0 Å². The first-order valence-corrected chi connectivity index (χ1v) is 17.6. The number of amides is 3. The van der Waals surface area contributed by atoms with Gasteiger partial charge in [0.2, 0.25) is 11.8 Å². The van der Waals surface area contributed by atoms with Crippen molar-refractivity contribution < 1.29 is 38.6 Å². The minimum atomic E-state index is -3.02. The van der Waals surface area contributed by atoms with Crippen LogP contribution in [-0.4, -0.2) is 79.3 Å². The van der Waals surface area contributed by atoms with Gasteiger partial charge in [0, 0.05) is 49.8 Å². The number of aliphatic hydroxyl groups is 1. The second-order valence-electron chi connectivity index (χ2n) is 12.2. The second-order valence-corrected chi connectivity index (χ2v) is 16.2. The Morgan fingerprint density at radius 1 is 1.16 bits per heavy atom. The summed E-state index contributed by atoms with van der Waals surface area (Å²) in [5.74, 6) is -1.78. The quantitative estimate of drug-likeness (QED) is 0.252. The van der Waals surface area contributed by atoms with Gasteiger partial charge in [-0.25, -0.2) is 0 Å². The van der Waals surface area contributed by atoms with E-state index < -0.39 is 43.7 Å². The maximum absolute atomic E-state index is 14.1. The topological polar surface area (TPSA) is 137 Å². The average Bonchev–Trinajstić information content (AvgIpc) is 3.34. The lowest BCUT2D eigenvalue weighted by molar-refractivity contribution is -0.154. The molecule has 5 rings (SSSR count). The normalized spacial score (nSPS) is 26.5. The van der Waals surface area contributed by atoms with E-state index in [1.54, 1.807) is 43.2 Å². The molecule has 3 amide bonds. The number of β-lactam (4-membered cyclic amide) rings is 1. The van der Waals surface area contributed by atoms with Crippen LogP contribution in [0.4, 0.5) is 11.4 Å². The predicted molar refractivity (Wildman–Crippen MR) is 160 cm³/mol. The van der Waals surface area contributed by atoms with Crippen LogP contribution in [0.5, 0.6) is 0 Å². The summed E-state index contributed by atoms with van der Waals surface area (Å²) < 4.78 is 12.0. The van der Waals surface area contributed by atoms with Gasteiger partial charge in [-0.15, -0.1) is 0 Å². The molecular formula is C31H39N3O8Si. The minimum absolute atomic E-state index is 0.0669. The molecule has 2 saturated heterocycles. The molecule has 2 aromatic rings. The molecule has 0 radical (unpaired) electrons. The number of benzene rings is 2. The molecule has 3 aliphatic heterocycles. The van der Waals surface area contributed by atoms with E-state index in [0.29, 0.717) is 23.5 Å². The number of rotatable bonds is 9. The third kappa shape index (κ3) is 5.37. The smallest absolute Gasteiger partial charge is 0.304 e. The van der Waals surface area contributed by atoms with Crippen molar-refractivity contribution in [2.75, 3.05) is 30.0 Å². The summed E-state index contributed by atoms with van der Waals surface area (Å²) in [4.78, 5) is 67.9. The Hall–Kier alpha value is -3.58. The summed E-state index contributed by atoms with van der Waals surface area (Å²) in [5, 5.41) is 9.71. The molecule has 12 heteroatoms.